The van der Waals surface area contributed by atoms with Crippen LogP contribution in [0.25, 0.3) is 11.4 Å². The van der Waals surface area contributed by atoms with Crippen LogP contribution < -0.4 is 26.6 Å². The van der Waals surface area contributed by atoms with Gasteiger partial charge in [-0.05, 0) is 29.8 Å². The van der Waals surface area contributed by atoms with Gasteiger partial charge in [-0.2, -0.15) is 0 Å². The number of carbonyl (C=O) groups is 1. The second-order valence-electron chi connectivity index (χ2n) is 8.39. The van der Waals surface area contributed by atoms with Gasteiger partial charge in [0.25, 0.3) is 0 Å². The summed E-state index contributed by atoms with van der Waals surface area (Å²) >= 11 is 0. The Labute approximate surface area is 189 Å². The van der Waals surface area contributed by atoms with Crippen LogP contribution >= 0.6 is 0 Å². The molecule has 0 spiro atoms. The number of aromatic amines is 1. The van der Waals surface area contributed by atoms with Crippen molar-refractivity contribution >= 4 is 17.7 Å². The van der Waals surface area contributed by atoms with Gasteiger partial charge in [0, 0.05) is 25.2 Å². The zero-order chi connectivity index (χ0) is 21.0. The van der Waals surface area contributed by atoms with E-state index >= 15 is 0 Å². The van der Waals surface area contributed by atoms with Crippen LogP contribution in [-0.4, -0.2) is 31.1 Å². The van der Waals surface area contributed by atoms with E-state index in [-0.39, 0.29) is 22.8 Å². The summed E-state index contributed by atoms with van der Waals surface area (Å²) in [5.74, 6) is 1.03. The Kier molecular flexibility index (Phi) is 7.73. The number of anilines is 1. The fraction of sp³-hybridized carbons (Fsp3) is 0.292. The minimum Gasteiger partial charge on any atom is -1.00 e. The Morgan fingerprint density at radius 1 is 1.07 bits per heavy atom. The molecule has 6 heteroatoms. The molecule has 0 bridgehead atoms. The van der Waals surface area contributed by atoms with Gasteiger partial charge in [0.2, 0.25) is 0 Å². The van der Waals surface area contributed by atoms with E-state index in [0.29, 0.717) is 6.42 Å². The minimum atomic E-state index is -0.395. The fourth-order valence-corrected chi connectivity index (χ4v) is 2.89. The van der Waals surface area contributed by atoms with Crippen molar-refractivity contribution in [1.82, 2.24) is 4.98 Å². The van der Waals surface area contributed by atoms with Gasteiger partial charge in [-0.1, -0.05) is 60.9 Å². The molecule has 158 valence electrons. The predicted molar refractivity (Wildman–Crippen MR) is 118 cm³/mol. The lowest BCUT2D eigenvalue weighted by Crippen LogP contribution is -3.00. The summed E-state index contributed by atoms with van der Waals surface area (Å²) in [6, 6.07) is 18.2. The average Bonchev–Trinajstić information content (AvgIpc) is 3.09. The van der Waals surface area contributed by atoms with E-state index < -0.39 is 5.41 Å². The summed E-state index contributed by atoms with van der Waals surface area (Å²) < 4.78 is 1.83. The van der Waals surface area contributed by atoms with Gasteiger partial charge in [0.15, 0.2) is 5.69 Å². The first-order valence-electron chi connectivity index (χ1n) is 9.78. The Morgan fingerprint density at radius 2 is 1.70 bits per heavy atom. The highest BCUT2D eigenvalue weighted by atomic mass is 79.9. The molecule has 0 aliphatic heterocycles. The van der Waals surface area contributed by atoms with Crippen LogP contribution in [0.5, 0.6) is 0 Å². The topological polar surface area (TPSA) is 52.3 Å². The van der Waals surface area contributed by atoms with E-state index in [0.717, 1.165) is 28.3 Å². The number of ketones is 1. The summed E-state index contributed by atoms with van der Waals surface area (Å²) in [6.07, 6.45) is 4.02. The molecule has 0 saturated carbocycles. The molecule has 0 aliphatic carbocycles. The number of imidazole rings is 1. The third-order valence-corrected chi connectivity index (χ3v) is 4.82. The maximum Gasteiger partial charge on any atom is 0.312 e. The van der Waals surface area contributed by atoms with Crippen molar-refractivity contribution in [3.63, 3.8) is 0 Å². The van der Waals surface area contributed by atoms with Gasteiger partial charge in [0.05, 0.1) is 18.2 Å². The standard InChI is InChI=1S/C24H28N4O.BrH/c1-24(2,3)22(29)15-21-17-25-23(19-9-7-6-8-10-19)28(21)26-16-18-11-13-20(14-12-18)27(4)5;/h6-14,16-17H,15H2,1-5H3;1H. The second kappa shape index (κ2) is 9.85. The molecule has 3 rings (SSSR count). The summed E-state index contributed by atoms with van der Waals surface area (Å²) in [6.45, 7) is 5.83. The van der Waals surface area contributed by atoms with Crippen LogP contribution in [0.3, 0.4) is 0 Å². The van der Waals surface area contributed by atoms with Crippen molar-refractivity contribution in [3.05, 3.63) is 72.1 Å². The van der Waals surface area contributed by atoms with E-state index in [9.17, 15) is 4.79 Å². The summed E-state index contributed by atoms with van der Waals surface area (Å²) in [4.78, 5) is 18.0. The van der Waals surface area contributed by atoms with Gasteiger partial charge in [-0.25, -0.2) is 4.98 Å². The van der Waals surface area contributed by atoms with Crippen LogP contribution in [-0.2, 0) is 11.2 Å². The maximum atomic E-state index is 12.6. The molecule has 0 unspecified atom stereocenters. The lowest BCUT2D eigenvalue weighted by molar-refractivity contribution is -0.672. The molecule has 2 aromatic carbocycles. The molecule has 0 saturated heterocycles. The summed E-state index contributed by atoms with van der Waals surface area (Å²) in [7, 11) is 4.03. The first-order valence-corrected chi connectivity index (χ1v) is 9.78. The number of nitrogens with one attached hydrogen (secondary N) is 1. The Bertz CT molecular complexity index is 1000. The van der Waals surface area contributed by atoms with Crippen LogP contribution in [0.4, 0.5) is 5.69 Å². The van der Waals surface area contributed by atoms with E-state index in [4.69, 9.17) is 5.10 Å². The van der Waals surface area contributed by atoms with E-state index in [2.05, 4.69) is 22.0 Å². The number of aromatic nitrogens is 2. The summed E-state index contributed by atoms with van der Waals surface area (Å²) in [5, 5.41) is 4.72. The number of H-pyrrole nitrogens is 1. The van der Waals surface area contributed by atoms with E-state index in [1.165, 1.54) is 0 Å². The highest BCUT2D eigenvalue weighted by Crippen LogP contribution is 2.19. The normalized spacial score (nSPS) is 11.4. The Hall–Kier alpha value is -2.73. The third kappa shape index (κ3) is 5.66. The predicted octanol–water partition coefficient (Wildman–Crippen LogP) is 1.08. The zero-order valence-corrected chi connectivity index (χ0v) is 19.8. The van der Waals surface area contributed by atoms with Crippen molar-refractivity contribution < 1.29 is 26.5 Å². The van der Waals surface area contributed by atoms with E-state index in [1.807, 2.05) is 94.4 Å². The van der Waals surface area contributed by atoms with Crippen molar-refractivity contribution in [2.45, 2.75) is 27.2 Å². The number of halogens is 1. The van der Waals surface area contributed by atoms with Crippen LogP contribution in [0.15, 0.2) is 65.9 Å². The maximum absolute atomic E-state index is 12.6. The van der Waals surface area contributed by atoms with Crippen molar-refractivity contribution in [2.75, 3.05) is 19.0 Å². The quantitative estimate of drug-likeness (QED) is 0.434. The third-order valence-electron chi connectivity index (χ3n) is 4.82. The lowest BCUT2D eigenvalue weighted by atomic mass is 9.88. The molecular formula is C24H29BrN4O. The van der Waals surface area contributed by atoms with Gasteiger partial charge in [-0.15, -0.1) is 0 Å². The Morgan fingerprint density at radius 3 is 2.27 bits per heavy atom. The van der Waals surface area contributed by atoms with Gasteiger partial charge in [-0.3, -0.25) is 4.79 Å². The van der Waals surface area contributed by atoms with Crippen LogP contribution in [0.2, 0.25) is 0 Å². The highest BCUT2D eigenvalue weighted by Gasteiger charge is 2.27. The lowest BCUT2D eigenvalue weighted by Gasteiger charge is -2.15. The molecule has 1 N–H and O–H groups in total. The smallest absolute Gasteiger partial charge is 0.312 e. The first kappa shape index (κ1) is 23.5. The largest absolute Gasteiger partial charge is 1.00 e. The molecular weight excluding hydrogens is 440 g/mol. The first-order chi connectivity index (χ1) is 13.8. The molecule has 3 aromatic rings. The van der Waals surface area contributed by atoms with Crippen LogP contribution in [0, 0.1) is 5.41 Å². The zero-order valence-electron chi connectivity index (χ0n) is 18.2. The molecule has 0 radical (unpaired) electrons. The molecule has 1 aromatic heterocycles. The molecule has 0 atom stereocenters. The number of rotatable bonds is 6. The fourth-order valence-electron chi connectivity index (χ4n) is 2.89. The van der Waals surface area contributed by atoms with Gasteiger partial charge >= 0.3 is 5.82 Å². The average molecular weight is 469 g/mol. The number of Topliss-reactive ketones (excluding diaryl/α,β-unsaturated/α-hetero) is 1. The number of hydrogen-bond acceptors (Lipinski definition) is 3. The van der Waals surface area contributed by atoms with E-state index in [1.54, 1.807) is 0 Å². The minimum absolute atomic E-state index is 0. The molecule has 0 aliphatic rings. The number of carbonyl (C=O) groups excluding carboxylic acids is 1. The highest BCUT2D eigenvalue weighted by molar-refractivity contribution is 5.85. The molecule has 1 heterocycles. The Balaban J connectivity index is 0.00000320. The number of hydrogen-bond donors (Lipinski definition) is 1. The monoisotopic (exact) mass is 468 g/mol. The van der Waals surface area contributed by atoms with Gasteiger partial charge in [0.1, 0.15) is 12.0 Å². The molecule has 5 nitrogen and oxygen atoms in total. The van der Waals surface area contributed by atoms with Gasteiger partial charge < -0.3 is 21.9 Å². The van der Waals surface area contributed by atoms with Crippen molar-refractivity contribution in [3.8, 4) is 11.4 Å². The number of nitrogens with zero attached hydrogens (tertiary/aromatic N) is 3. The SMILES string of the molecule is CN(C)c1ccc(C=N[n+]2c(CC(=O)C(C)(C)C)c[nH]c2-c2ccccc2)cc1.[Br-]. The number of benzene rings is 2. The molecule has 30 heavy (non-hydrogen) atoms. The molecule has 0 amide bonds. The second-order valence-corrected chi connectivity index (χ2v) is 8.39. The van der Waals surface area contributed by atoms with Crippen LogP contribution in [0.1, 0.15) is 32.0 Å². The summed E-state index contributed by atoms with van der Waals surface area (Å²) in [5.41, 5.74) is 3.59. The molecule has 0 fully saturated rings. The van der Waals surface area contributed by atoms with Crippen molar-refractivity contribution in [2.24, 2.45) is 10.5 Å². The van der Waals surface area contributed by atoms with Crippen molar-refractivity contribution in [1.29, 1.82) is 0 Å².